The molecule has 0 amide bonds. The lowest BCUT2D eigenvalue weighted by atomic mass is 9.47. The summed E-state index contributed by atoms with van der Waals surface area (Å²) in [5.41, 5.74) is 3.39. The lowest BCUT2D eigenvalue weighted by Gasteiger charge is -2.58. The number of ether oxygens (including phenoxy) is 1. The van der Waals surface area contributed by atoms with E-state index in [1.807, 2.05) is 30.3 Å². The van der Waals surface area contributed by atoms with Crippen LogP contribution in [-0.4, -0.2) is 18.1 Å². The van der Waals surface area contributed by atoms with Crippen LogP contribution in [0.3, 0.4) is 0 Å². The van der Waals surface area contributed by atoms with Gasteiger partial charge in [0.25, 0.3) is 6.57 Å². The van der Waals surface area contributed by atoms with Crippen molar-refractivity contribution in [2.75, 3.05) is 0 Å². The maximum Gasteiger partial charge on any atom is 0.395 e. The molecule has 40 heavy (non-hydrogen) atoms. The Hall–Kier alpha value is -2.08. The summed E-state index contributed by atoms with van der Waals surface area (Å²) in [6, 6.07) is 9.32. The van der Waals surface area contributed by atoms with Crippen LogP contribution >= 0.6 is 0 Å². The van der Waals surface area contributed by atoms with E-state index in [4.69, 9.17) is 11.3 Å². The third-order valence-corrected chi connectivity index (χ3v) is 12.3. The first-order chi connectivity index (χ1) is 19.2. The Morgan fingerprint density at radius 3 is 2.52 bits per heavy atom. The third-order valence-electron chi connectivity index (χ3n) is 12.3. The molecular formula is C37H54NO2+. The first-order valence-electron chi connectivity index (χ1n) is 16.5. The number of benzene rings is 1. The molecule has 3 saturated carbocycles. The lowest BCUT2D eigenvalue weighted by molar-refractivity contribution is -0.152. The summed E-state index contributed by atoms with van der Waals surface area (Å²) in [7, 11) is 0. The van der Waals surface area contributed by atoms with Crippen LogP contribution in [0, 0.1) is 52.9 Å². The molecule has 0 heterocycles. The Morgan fingerprint density at radius 2 is 1.80 bits per heavy atom. The number of fused-ring (bicyclic) bond motifs is 5. The van der Waals surface area contributed by atoms with Crippen LogP contribution in [0.4, 0.5) is 0 Å². The Kier molecular flexibility index (Phi) is 8.85. The van der Waals surface area contributed by atoms with Gasteiger partial charge in [-0.3, -0.25) is 0 Å². The highest BCUT2D eigenvalue weighted by Crippen LogP contribution is 2.67. The van der Waals surface area contributed by atoms with Crippen LogP contribution in [0.5, 0.6) is 0 Å². The van der Waals surface area contributed by atoms with Gasteiger partial charge in [-0.15, -0.1) is 0 Å². The first kappa shape index (κ1) is 29.4. The molecule has 3 heteroatoms. The van der Waals surface area contributed by atoms with Crippen molar-refractivity contribution in [2.24, 2.45) is 46.3 Å². The Morgan fingerprint density at radius 1 is 1.02 bits per heavy atom. The molecule has 0 bridgehead atoms. The van der Waals surface area contributed by atoms with E-state index in [-0.39, 0.29) is 17.5 Å². The van der Waals surface area contributed by atoms with Crippen LogP contribution in [0.15, 0.2) is 42.0 Å². The van der Waals surface area contributed by atoms with Crippen molar-refractivity contribution >= 4 is 5.97 Å². The number of rotatable bonds is 9. The molecule has 0 radical (unpaired) electrons. The molecule has 9 unspecified atom stereocenters. The summed E-state index contributed by atoms with van der Waals surface area (Å²) in [4.78, 5) is 16.9. The molecule has 0 N–H and O–H groups in total. The fourth-order valence-corrected chi connectivity index (χ4v) is 10.0. The largest absolute Gasteiger partial charge is 0.456 e. The minimum absolute atomic E-state index is 0.0557. The van der Waals surface area contributed by atoms with E-state index < -0.39 is 6.04 Å². The Labute approximate surface area is 244 Å². The van der Waals surface area contributed by atoms with Crippen molar-refractivity contribution in [1.82, 2.24) is 0 Å². The van der Waals surface area contributed by atoms with E-state index in [9.17, 15) is 4.79 Å². The second-order valence-electron chi connectivity index (χ2n) is 14.9. The topological polar surface area (TPSA) is 30.7 Å². The van der Waals surface area contributed by atoms with Gasteiger partial charge in [0, 0.05) is 6.42 Å². The van der Waals surface area contributed by atoms with Crippen LogP contribution in [0.25, 0.3) is 4.85 Å². The van der Waals surface area contributed by atoms with Crippen LogP contribution in [0.1, 0.15) is 111 Å². The predicted octanol–water partition coefficient (Wildman–Crippen LogP) is 9.51. The van der Waals surface area contributed by atoms with Crippen molar-refractivity contribution in [1.29, 1.82) is 0 Å². The van der Waals surface area contributed by atoms with Crippen molar-refractivity contribution < 1.29 is 9.53 Å². The second kappa shape index (κ2) is 12.0. The van der Waals surface area contributed by atoms with Gasteiger partial charge >= 0.3 is 12.0 Å². The third kappa shape index (κ3) is 5.67. The zero-order chi connectivity index (χ0) is 28.5. The second-order valence-corrected chi connectivity index (χ2v) is 14.9. The van der Waals surface area contributed by atoms with Gasteiger partial charge in [-0.05, 0) is 96.8 Å². The highest BCUT2D eigenvalue weighted by molar-refractivity contribution is 5.78. The summed E-state index contributed by atoms with van der Waals surface area (Å²) in [6.45, 7) is 18.2. The summed E-state index contributed by atoms with van der Waals surface area (Å²) < 4.78 is 6.07. The summed E-state index contributed by atoms with van der Waals surface area (Å²) in [5, 5.41) is 0. The van der Waals surface area contributed by atoms with Gasteiger partial charge in [-0.25, -0.2) is 4.79 Å². The van der Waals surface area contributed by atoms with Gasteiger partial charge in [0.15, 0.2) is 0 Å². The molecule has 0 saturated heterocycles. The molecule has 0 aromatic heterocycles. The molecule has 1 aromatic carbocycles. The van der Waals surface area contributed by atoms with Crippen molar-refractivity contribution in [3.63, 3.8) is 0 Å². The molecule has 3 nitrogen and oxygen atoms in total. The Bertz CT molecular complexity index is 1100. The molecule has 0 spiro atoms. The fraction of sp³-hybridized carbons (Fsp3) is 0.730. The standard InChI is InChI=1S/C37H54NO2/c1-25(2)11-10-12-26(3)31-17-18-32-30-16-15-28-24-29(19-21-36(28,4)33(30)20-22-37(31,32)5)40-35(39)34(38-6)23-27-13-8-7-9-14-27/h6-9,13-15,25-26,29-34H,10-12,16-24H2,1-5H3/q+1. The van der Waals surface area contributed by atoms with Gasteiger partial charge in [-0.2, -0.15) is 0 Å². The molecule has 9 atom stereocenters. The molecule has 5 rings (SSSR count). The van der Waals surface area contributed by atoms with Crippen molar-refractivity contribution in [3.8, 4) is 6.57 Å². The normalized spacial score (nSPS) is 36.4. The molecule has 0 aliphatic heterocycles. The van der Waals surface area contributed by atoms with Gasteiger partial charge in [0.2, 0.25) is 0 Å². The van der Waals surface area contributed by atoms with Gasteiger partial charge in [0.1, 0.15) is 6.10 Å². The van der Waals surface area contributed by atoms with E-state index in [1.165, 1.54) is 51.4 Å². The molecule has 3 fully saturated rings. The number of nitrogens with zero attached hydrogens (tertiary/aromatic N) is 1. The number of hydrogen-bond acceptors (Lipinski definition) is 2. The van der Waals surface area contributed by atoms with E-state index in [0.717, 1.165) is 60.3 Å². The number of hydrogen-bond donors (Lipinski definition) is 0. The molecule has 1 aromatic rings. The summed E-state index contributed by atoms with van der Waals surface area (Å²) in [6.07, 6.45) is 17.0. The van der Waals surface area contributed by atoms with Gasteiger partial charge < -0.3 is 4.74 Å². The average molecular weight is 545 g/mol. The predicted molar refractivity (Wildman–Crippen MR) is 165 cm³/mol. The maximum atomic E-state index is 13.0. The lowest BCUT2D eigenvalue weighted by Crippen LogP contribution is -2.51. The summed E-state index contributed by atoms with van der Waals surface area (Å²) in [5.74, 6) is 4.78. The molecule has 218 valence electrons. The zero-order valence-corrected chi connectivity index (χ0v) is 25.9. The quantitative estimate of drug-likeness (QED) is 0.229. The maximum absolute atomic E-state index is 13.0. The minimum Gasteiger partial charge on any atom is -0.456 e. The number of carbonyl (C=O) groups is 1. The summed E-state index contributed by atoms with van der Waals surface area (Å²) >= 11 is 0. The molecule has 4 aliphatic rings. The minimum atomic E-state index is -0.639. The SMILES string of the molecule is C#[N+]C(Cc1ccccc1)C(=O)OC1CCC2(C)C(=CCC3C2CCC2(C)C(C(C)CCCC(C)C)CCC32)C1. The number of allylic oxidation sites excluding steroid dienone is 1. The highest BCUT2D eigenvalue weighted by Gasteiger charge is 2.59. The highest BCUT2D eigenvalue weighted by atomic mass is 16.5. The zero-order valence-electron chi connectivity index (χ0n) is 25.9. The molecular weight excluding hydrogens is 490 g/mol. The number of carbonyl (C=O) groups excluding carboxylic acids is 1. The van der Waals surface area contributed by atoms with Crippen molar-refractivity contribution in [3.05, 3.63) is 52.4 Å². The Balaban J connectivity index is 1.22. The van der Waals surface area contributed by atoms with E-state index in [2.05, 4.69) is 45.5 Å². The van der Waals surface area contributed by atoms with Crippen LogP contribution in [-0.2, 0) is 16.0 Å². The smallest absolute Gasteiger partial charge is 0.395 e. The van der Waals surface area contributed by atoms with Gasteiger partial charge in [-0.1, -0.05) is 101 Å². The molecule has 4 aliphatic carbocycles. The first-order valence-corrected chi connectivity index (χ1v) is 16.5. The van der Waals surface area contributed by atoms with E-state index in [1.54, 1.807) is 5.57 Å². The van der Waals surface area contributed by atoms with E-state index >= 15 is 0 Å². The fourth-order valence-electron chi connectivity index (χ4n) is 10.0. The van der Waals surface area contributed by atoms with E-state index in [0.29, 0.717) is 11.8 Å². The average Bonchev–Trinajstić information content (AvgIpc) is 3.29. The van der Waals surface area contributed by atoms with Crippen LogP contribution in [0.2, 0.25) is 0 Å². The monoisotopic (exact) mass is 544 g/mol. The van der Waals surface area contributed by atoms with Crippen LogP contribution < -0.4 is 0 Å². The number of esters is 1. The van der Waals surface area contributed by atoms with Crippen molar-refractivity contribution in [2.45, 2.75) is 124 Å². The van der Waals surface area contributed by atoms with Gasteiger partial charge in [0.05, 0.1) is 6.42 Å².